The van der Waals surface area contributed by atoms with Gasteiger partial charge in [-0.3, -0.25) is 14.4 Å². The lowest BCUT2D eigenvalue weighted by atomic mass is 10.1. The summed E-state index contributed by atoms with van der Waals surface area (Å²) >= 11 is 0. The molecule has 23 heavy (non-hydrogen) atoms. The lowest BCUT2D eigenvalue weighted by Crippen LogP contribution is -2.47. The minimum absolute atomic E-state index is 0.0993. The predicted molar refractivity (Wildman–Crippen MR) is 80.7 cm³/mol. The Hall–Kier alpha value is -2.95. The van der Waals surface area contributed by atoms with Gasteiger partial charge in [0.25, 0.3) is 0 Å². The molecule has 0 bridgehead atoms. The third-order valence-electron chi connectivity index (χ3n) is 2.47. The van der Waals surface area contributed by atoms with E-state index in [0.717, 1.165) is 12.1 Å². The van der Waals surface area contributed by atoms with Crippen molar-refractivity contribution in [2.45, 2.75) is 26.3 Å². The van der Waals surface area contributed by atoms with Gasteiger partial charge in [0.15, 0.2) is 0 Å². The number of nitrogens with one attached hydrogen (secondary N) is 3. The Labute approximate surface area is 132 Å². The van der Waals surface area contributed by atoms with E-state index in [0.29, 0.717) is 0 Å². The number of hydrogen-bond acceptors (Lipinski definition) is 4. The molecule has 0 aromatic heterocycles. The van der Waals surface area contributed by atoms with Gasteiger partial charge in [0.2, 0.25) is 5.91 Å². The van der Waals surface area contributed by atoms with Crippen molar-refractivity contribution >= 4 is 23.4 Å². The fraction of sp³-hybridized carbons (Fsp3) is 0.333. The summed E-state index contributed by atoms with van der Waals surface area (Å²) in [6, 6.07) is 4.94. The maximum atomic E-state index is 13.2. The van der Waals surface area contributed by atoms with Crippen LogP contribution < -0.4 is 16.0 Å². The first-order valence-electron chi connectivity index (χ1n) is 6.72. The van der Waals surface area contributed by atoms with Crippen LogP contribution in [0, 0.1) is 17.1 Å². The van der Waals surface area contributed by atoms with Gasteiger partial charge in [-0.1, -0.05) is 0 Å². The molecule has 0 saturated heterocycles. The first-order chi connectivity index (χ1) is 10.6. The molecule has 0 unspecified atom stereocenters. The average Bonchev–Trinajstić information content (AvgIpc) is 2.44. The van der Waals surface area contributed by atoms with E-state index >= 15 is 0 Å². The zero-order valence-electron chi connectivity index (χ0n) is 13.0. The Kier molecular flexibility index (Phi) is 5.79. The SMILES string of the molecule is CC(C)(C)NC(=O)CNC(=O)C(=O)Nc1ccc(F)c(C#N)c1. The van der Waals surface area contributed by atoms with Crippen molar-refractivity contribution in [2.24, 2.45) is 0 Å². The van der Waals surface area contributed by atoms with Gasteiger partial charge in [-0.05, 0) is 39.0 Å². The fourth-order valence-electron chi connectivity index (χ4n) is 1.58. The van der Waals surface area contributed by atoms with Crippen LogP contribution in [0.15, 0.2) is 18.2 Å². The Morgan fingerprint density at radius 1 is 1.22 bits per heavy atom. The normalized spacial score (nSPS) is 10.4. The van der Waals surface area contributed by atoms with Gasteiger partial charge < -0.3 is 16.0 Å². The maximum absolute atomic E-state index is 13.2. The number of carbonyl (C=O) groups is 3. The largest absolute Gasteiger partial charge is 0.350 e. The van der Waals surface area contributed by atoms with E-state index in [1.54, 1.807) is 26.8 Å². The minimum Gasteiger partial charge on any atom is -0.350 e. The third-order valence-corrected chi connectivity index (χ3v) is 2.47. The van der Waals surface area contributed by atoms with Crippen LogP contribution in [0.3, 0.4) is 0 Å². The third kappa shape index (κ3) is 6.13. The lowest BCUT2D eigenvalue weighted by molar-refractivity contribution is -0.137. The Morgan fingerprint density at radius 2 is 1.87 bits per heavy atom. The second-order valence-electron chi connectivity index (χ2n) is 5.74. The van der Waals surface area contributed by atoms with Gasteiger partial charge in [0, 0.05) is 11.2 Å². The number of nitrogens with zero attached hydrogens (tertiary/aromatic N) is 1. The molecule has 1 rings (SSSR count). The van der Waals surface area contributed by atoms with Crippen LogP contribution in [0.25, 0.3) is 0 Å². The number of carbonyl (C=O) groups excluding carboxylic acids is 3. The molecule has 0 aliphatic heterocycles. The zero-order valence-corrected chi connectivity index (χ0v) is 13.0. The number of rotatable bonds is 3. The summed E-state index contributed by atoms with van der Waals surface area (Å²) in [5.41, 5.74) is -0.610. The van der Waals surface area contributed by atoms with E-state index in [9.17, 15) is 18.8 Å². The quantitative estimate of drug-likeness (QED) is 0.711. The van der Waals surface area contributed by atoms with Crippen LogP contribution in [0.5, 0.6) is 0 Å². The molecule has 3 amide bonds. The molecule has 0 spiro atoms. The van der Waals surface area contributed by atoms with Gasteiger partial charge in [0.05, 0.1) is 12.1 Å². The number of halogens is 1. The Morgan fingerprint density at radius 3 is 2.43 bits per heavy atom. The van der Waals surface area contributed by atoms with E-state index in [4.69, 9.17) is 5.26 Å². The van der Waals surface area contributed by atoms with Crippen molar-refractivity contribution in [3.63, 3.8) is 0 Å². The predicted octanol–water partition coefficient (Wildman–Crippen LogP) is 0.667. The molecule has 1 aromatic rings. The van der Waals surface area contributed by atoms with Crippen molar-refractivity contribution < 1.29 is 18.8 Å². The molecule has 0 fully saturated rings. The second-order valence-corrected chi connectivity index (χ2v) is 5.74. The van der Waals surface area contributed by atoms with E-state index in [-0.39, 0.29) is 17.8 Å². The summed E-state index contributed by atoms with van der Waals surface area (Å²) < 4.78 is 13.2. The standard InChI is InChI=1S/C15H17FN4O3/c1-15(2,3)20-12(21)8-18-13(22)14(23)19-10-4-5-11(16)9(6-10)7-17/h4-6H,8H2,1-3H3,(H,18,22)(H,19,23)(H,20,21). The Bertz CT molecular complexity index is 674. The highest BCUT2D eigenvalue weighted by Gasteiger charge is 2.18. The first-order valence-corrected chi connectivity index (χ1v) is 6.72. The molecule has 0 aliphatic rings. The van der Waals surface area contributed by atoms with Crippen LogP contribution in [0.2, 0.25) is 0 Å². The van der Waals surface area contributed by atoms with Gasteiger partial charge in [0.1, 0.15) is 11.9 Å². The second kappa shape index (κ2) is 7.35. The smallest absolute Gasteiger partial charge is 0.313 e. The van der Waals surface area contributed by atoms with Gasteiger partial charge in [-0.15, -0.1) is 0 Å². The van der Waals surface area contributed by atoms with E-state index in [1.165, 1.54) is 6.07 Å². The molecular formula is C15H17FN4O3. The topological polar surface area (TPSA) is 111 Å². The van der Waals surface area contributed by atoms with Gasteiger partial charge in [-0.2, -0.15) is 5.26 Å². The molecule has 122 valence electrons. The van der Waals surface area contributed by atoms with Gasteiger partial charge in [-0.25, -0.2) is 4.39 Å². The van der Waals surface area contributed by atoms with Gasteiger partial charge >= 0.3 is 11.8 Å². The van der Waals surface area contributed by atoms with Crippen molar-refractivity contribution in [3.05, 3.63) is 29.6 Å². The molecule has 1 aromatic carbocycles. The number of amides is 3. The summed E-state index contributed by atoms with van der Waals surface area (Å²) in [5, 5.41) is 15.7. The Balaban J connectivity index is 2.57. The van der Waals surface area contributed by atoms with Crippen molar-refractivity contribution in [2.75, 3.05) is 11.9 Å². The molecule has 0 heterocycles. The van der Waals surface area contributed by atoms with E-state index in [1.807, 2.05) is 0 Å². The highest BCUT2D eigenvalue weighted by molar-refractivity contribution is 6.39. The van der Waals surface area contributed by atoms with Crippen molar-refractivity contribution in [1.29, 1.82) is 5.26 Å². The molecule has 0 atom stereocenters. The monoisotopic (exact) mass is 320 g/mol. The summed E-state index contributed by atoms with van der Waals surface area (Å²) in [4.78, 5) is 34.8. The molecule has 7 nitrogen and oxygen atoms in total. The minimum atomic E-state index is -1.02. The zero-order chi connectivity index (χ0) is 17.6. The highest BCUT2D eigenvalue weighted by atomic mass is 19.1. The molecular weight excluding hydrogens is 303 g/mol. The highest BCUT2D eigenvalue weighted by Crippen LogP contribution is 2.13. The number of hydrogen-bond donors (Lipinski definition) is 3. The van der Waals surface area contributed by atoms with E-state index < -0.39 is 29.1 Å². The molecule has 3 N–H and O–H groups in total. The summed E-state index contributed by atoms with van der Waals surface area (Å²) in [7, 11) is 0. The first kappa shape index (κ1) is 18.1. The molecule has 0 radical (unpaired) electrons. The summed E-state index contributed by atoms with van der Waals surface area (Å²) in [6.07, 6.45) is 0. The van der Waals surface area contributed by atoms with Crippen LogP contribution >= 0.6 is 0 Å². The number of benzene rings is 1. The molecule has 0 saturated carbocycles. The lowest BCUT2D eigenvalue weighted by Gasteiger charge is -2.20. The molecule has 0 aliphatic carbocycles. The summed E-state index contributed by atoms with van der Waals surface area (Å²) in [6.45, 7) is 4.98. The van der Waals surface area contributed by atoms with Crippen LogP contribution in [0.1, 0.15) is 26.3 Å². The fourth-order valence-corrected chi connectivity index (χ4v) is 1.58. The average molecular weight is 320 g/mol. The van der Waals surface area contributed by atoms with E-state index in [2.05, 4.69) is 16.0 Å². The molecule has 8 heteroatoms. The van der Waals surface area contributed by atoms with Crippen LogP contribution in [-0.2, 0) is 14.4 Å². The summed E-state index contributed by atoms with van der Waals surface area (Å²) in [5.74, 6) is -3.21. The van der Waals surface area contributed by atoms with Crippen molar-refractivity contribution in [3.8, 4) is 6.07 Å². The van der Waals surface area contributed by atoms with Crippen LogP contribution in [0.4, 0.5) is 10.1 Å². The number of nitriles is 1. The van der Waals surface area contributed by atoms with Crippen molar-refractivity contribution in [1.82, 2.24) is 10.6 Å². The maximum Gasteiger partial charge on any atom is 0.313 e. The number of anilines is 1. The van der Waals surface area contributed by atoms with Crippen LogP contribution in [-0.4, -0.2) is 29.8 Å².